The van der Waals surface area contributed by atoms with Gasteiger partial charge < -0.3 is 31.3 Å². The number of nitrogens with zero attached hydrogens (tertiary/aromatic N) is 1. The molecule has 0 radical (unpaired) electrons. The number of phenols is 1. The van der Waals surface area contributed by atoms with E-state index in [1.54, 1.807) is 19.1 Å². The monoisotopic (exact) mass is 512 g/mol. The first-order valence-electron chi connectivity index (χ1n) is 12.5. The number of phenolic OH excluding ortho intramolecular Hbond substituents is 1. The van der Waals surface area contributed by atoms with Crippen LogP contribution in [0.5, 0.6) is 5.75 Å². The lowest BCUT2D eigenvalue weighted by molar-refractivity contribution is -0.162. The number of nitrogens with two attached hydrogens (primary N) is 1. The molecule has 0 saturated heterocycles. The highest BCUT2D eigenvalue weighted by atomic mass is 16.4. The van der Waals surface area contributed by atoms with Gasteiger partial charge in [0.25, 0.3) is 5.91 Å². The molecule has 37 heavy (non-hydrogen) atoms. The molecule has 5 rings (SSSR count). The maximum absolute atomic E-state index is 13.8. The first-order valence-corrected chi connectivity index (χ1v) is 12.5. The maximum atomic E-state index is 13.8. The second-order valence-corrected chi connectivity index (χ2v) is 11.1. The molecule has 10 heteroatoms. The lowest BCUT2D eigenvalue weighted by Crippen LogP contribution is -2.68. The van der Waals surface area contributed by atoms with E-state index in [4.69, 9.17) is 5.73 Å². The van der Waals surface area contributed by atoms with Crippen LogP contribution in [-0.4, -0.2) is 79.7 Å². The molecule has 0 spiro atoms. The number of benzene rings is 1. The van der Waals surface area contributed by atoms with Crippen molar-refractivity contribution < 1.29 is 39.9 Å². The minimum atomic E-state index is -2.90. The molecule has 6 unspecified atom stereocenters. The molecule has 1 saturated carbocycles. The number of aliphatic hydroxyl groups is 4. The molecule has 0 aromatic heterocycles. The number of likely N-dealkylation sites (N-methyl/N-ethyl adjacent to an activating group) is 1. The highest BCUT2D eigenvalue weighted by molar-refractivity contribution is 6.25. The van der Waals surface area contributed by atoms with Crippen LogP contribution in [0.4, 0.5) is 0 Å². The number of ketones is 2. The summed E-state index contributed by atoms with van der Waals surface area (Å²) in [5, 5.41) is 56.7. The Morgan fingerprint density at radius 3 is 2.35 bits per heavy atom. The third kappa shape index (κ3) is 3.25. The van der Waals surface area contributed by atoms with E-state index in [9.17, 15) is 39.9 Å². The Morgan fingerprint density at radius 1 is 1.16 bits per heavy atom. The van der Waals surface area contributed by atoms with Crippen molar-refractivity contribution in [3.05, 3.63) is 51.5 Å². The number of aliphatic hydroxyl groups excluding tert-OH is 3. The average molecular weight is 513 g/mol. The normalized spacial score (nSPS) is 33.7. The zero-order valence-electron chi connectivity index (χ0n) is 20.9. The largest absolute Gasteiger partial charge is 0.510 e. The summed E-state index contributed by atoms with van der Waals surface area (Å²) in [4.78, 5) is 40.7. The summed E-state index contributed by atoms with van der Waals surface area (Å²) in [6.45, 7) is 1.72. The van der Waals surface area contributed by atoms with Gasteiger partial charge in [-0.05, 0) is 43.5 Å². The number of Topliss-reactive ketones (excluding diaryl/α,β-unsaturated/α-hetero) is 2. The van der Waals surface area contributed by atoms with Crippen molar-refractivity contribution in [2.45, 2.75) is 56.3 Å². The van der Waals surface area contributed by atoms with E-state index in [-0.39, 0.29) is 11.3 Å². The summed E-state index contributed by atoms with van der Waals surface area (Å²) in [6, 6.07) is 2.24. The number of carbonyl (C=O) groups is 3. The van der Waals surface area contributed by atoms with Crippen LogP contribution >= 0.6 is 0 Å². The minimum Gasteiger partial charge on any atom is -0.510 e. The molecule has 4 aliphatic rings. The Kier molecular flexibility index (Phi) is 5.78. The van der Waals surface area contributed by atoms with E-state index in [1.165, 1.54) is 19.0 Å². The second-order valence-electron chi connectivity index (χ2n) is 11.1. The van der Waals surface area contributed by atoms with Crippen molar-refractivity contribution in [3.8, 4) is 5.75 Å². The zero-order chi connectivity index (χ0) is 27.1. The number of aromatic hydroxyl groups is 1. The average Bonchev–Trinajstić information content (AvgIpc) is 2.79. The Balaban J connectivity index is 1.72. The molecule has 0 heterocycles. The number of primary amides is 1. The predicted octanol–water partition coefficient (Wildman–Crippen LogP) is 0.995. The summed E-state index contributed by atoms with van der Waals surface area (Å²) in [5.41, 5.74) is 2.19. The van der Waals surface area contributed by atoms with Crippen molar-refractivity contribution in [1.82, 2.24) is 4.90 Å². The highest BCUT2D eigenvalue weighted by Crippen LogP contribution is 2.55. The third-order valence-electron chi connectivity index (χ3n) is 8.95. The fourth-order valence-electron chi connectivity index (χ4n) is 6.84. The molecule has 10 nitrogen and oxygen atoms in total. The summed E-state index contributed by atoms with van der Waals surface area (Å²) in [5.74, 6) is -8.20. The molecule has 1 aromatic rings. The molecular weight excluding hydrogens is 480 g/mol. The van der Waals surface area contributed by atoms with Crippen LogP contribution in [0.3, 0.4) is 0 Å². The van der Waals surface area contributed by atoms with Gasteiger partial charge in [0.1, 0.15) is 22.8 Å². The topological polar surface area (TPSA) is 182 Å². The van der Waals surface area contributed by atoms with Gasteiger partial charge in [-0.25, -0.2) is 0 Å². The van der Waals surface area contributed by atoms with E-state index in [0.29, 0.717) is 23.5 Å². The first kappa shape index (κ1) is 25.4. The van der Waals surface area contributed by atoms with Crippen molar-refractivity contribution in [2.75, 3.05) is 14.1 Å². The third-order valence-corrected chi connectivity index (χ3v) is 8.95. The standard InChI is InChI=1S/C27H32N2O8/c1-10-13-8-7-12(9-11-5-4-6-11)20(30)15(13)21(31)16-14(10)22(32)18-19(29(2)3)23(33)17(26(28)36)25(35)27(18,37)24(16)34/h7-8,10-11,14,18-19,22,30,32-34,37H,4-6,9H2,1-3H3,(H2,28,36). The molecule has 0 bridgehead atoms. The van der Waals surface area contributed by atoms with Crippen LogP contribution in [-0.2, 0) is 16.0 Å². The summed E-state index contributed by atoms with van der Waals surface area (Å²) < 4.78 is 0. The predicted molar refractivity (Wildman–Crippen MR) is 131 cm³/mol. The van der Waals surface area contributed by atoms with Crippen molar-refractivity contribution >= 4 is 17.5 Å². The van der Waals surface area contributed by atoms with E-state index in [1.807, 2.05) is 0 Å². The highest BCUT2D eigenvalue weighted by Gasteiger charge is 2.67. The molecule has 1 amide bonds. The molecule has 198 valence electrons. The molecule has 4 aliphatic carbocycles. The molecule has 6 atom stereocenters. The Bertz CT molecular complexity index is 1290. The Hall–Kier alpha value is -3.21. The summed E-state index contributed by atoms with van der Waals surface area (Å²) >= 11 is 0. The number of hydrogen-bond acceptors (Lipinski definition) is 9. The number of carbonyl (C=O) groups excluding carboxylic acids is 3. The van der Waals surface area contributed by atoms with Gasteiger partial charge in [-0.15, -0.1) is 0 Å². The van der Waals surface area contributed by atoms with Gasteiger partial charge in [0, 0.05) is 11.5 Å². The van der Waals surface area contributed by atoms with Crippen molar-refractivity contribution in [1.29, 1.82) is 0 Å². The van der Waals surface area contributed by atoms with E-state index in [0.717, 1.165) is 19.3 Å². The lowest BCUT2D eigenvalue weighted by atomic mass is 9.55. The Morgan fingerprint density at radius 2 is 1.81 bits per heavy atom. The fraction of sp³-hybridized carbons (Fsp3) is 0.519. The van der Waals surface area contributed by atoms with E-state index >= 15 is 0 Å². The van der Waals surface area contributed by atoms with Crippen LogP contribution in [0, 0.1) is 17.8 Å². The van der Waals surface area contributed by atoms with Crippen LogP contribution in [0.15, 0.2) is 34.8 Å². The quantitative estimate of drug-likeness (QED) is 0.321. The fourth-order valence-corrected chi connectivity index (χ4v) is 6.84. The lowest BCUT2D eigenvalue weighted by Gasteiger charge is -2.53. The smallest absolute Gasteiger partial charge is 0.255 e. The molecular formula is C27H32N2O8. The molecule has 1 fully saturated rings. The van der Waals surface area contributed by atoms with Crippen LogP contribution in [0.25, 0.3) is 0 Å². The summed E-state index contributed by atoms with van der Waals surface area (Å²) in [7, 11) is 3.01. The molecule has 7 N–H and O–H groups in total. The number of rotatable bonds is 4. The first-order chi connectivity index (χ1) is 17.3. The number of fused-ring (bicyclic) bond motifs is 3. The van der Waals surface area contributed by atoms with Crippen molar-refractivity contribution in [3.63, 3.8) is 0 Å². The second kappa shape index (κ2) is 8.41. The molecule has 0 aliphatic heterocycles. The van der Waals surface area contributed by atoms with Crippen LogP contribution in [0.1, 0.15) is 53.6 Å². The summed E-state index contributed by atoms with van der Waals surface area (Å²) in [6.07, 6.45) is 2.19. The SMILES string of the molecule is CC1c2ccc(CC3CCC3)c(O)c2C(=O)C2=C(O)C3(O)C(=O)C(C(N)=O)=C(O)C(N(C)C)C3C(O)C21. The van der Waals surface area contributed by atoms with Gasteiger partial charge in [0.15, 0.2) is 11.4 Å². The number of hydrogen-bond donors (Lipinski definition) is 6. The zero-order valence-corrected chi connectivity index (χ0v) is 20.9. The van der Waals surface area contributed by atoms with E-state index < -0.39 is 75.6 Å². The van der Waals surface area contributed by atoms with Crippen LogP contribution < -0.4 is 5.73 Å². The van der Waals surface area contributed by atoms with Gasteiger partial charge >= 0.3 is 0 Å². The van der Waals surface area contributed by atoms with Gasteiger partial charge in [-0.2, -0.15) is 0 Å². The van der Waals surface area contributed by atoms with Gasteiger partial charge in [-0.1, -0.05) is 38.3 Å². The van der Waals surface area contributed by atoms with Crippen LogP contribution in [0.2, 0.25) is 0 Å². The van der Waals surface area contributed by atoms with Gasteiger partial charge in [0.05, 0.1) is 23.6 Å². The van der Waals surface area contributed by atoms with Gasteiger partial charge in [-0.3, -0.25) is 19.3 Å². The minimum absolute atomic E-state index is 0.0303. The Labute approximate surface area is 213 Å². The van der Waals surface area contributed by atoms with Gasteiger partial charge in [0.2, 0.25) is 5.78 Å². The maximum Gasteiger partial charge on any atom is 0.255 e. The number of amides is 1. The van der Waals surface area contributed by atoms with E-state index in [2.05, 4.69) is 0 Å². The molecule has 1 aromatic carbocycles. The van der Waals surface area contributed by atoms with Crippen molar-refractivity contribution in [2.24, 2.45) is 23.5 Å².